The first-order valence-electron chi connectivity index (χ1n) is 7.14. The Bertz CT molecular complexity index is 668. The van der Waals surface area contributed by atoms with Crippen LogP contribution in [0.3, 0.4) is 0 Å². The number of morpholine rings is 1. The Kier molecular flexibility index (Phi) is 4.26. The number of pyridine rings is 1. The number of fused-ring (bicyclic) bond motifs is 1. The van der Waals surface area contributed by atoms with Crippen LogP contribution in [0.25, 0.3) is 5.52 Å². The summed E-state index contributed by atoms with van der Waals surface area (Å²) in [6, 6.07) is 5.43. The third-order valence-electron chi connectivity index (χ3n) is 3.80. The van der Waals surface area contributed by atoms with E-state index in [0.717, 1.165) is 5.52 Å². The van der Waals surface area contributed by atoms with Gasteiger partial charge < -0.3 is 19.1 Å². The molecule has 2 aromatic rings. The number of nitrogens with zero attached hydrogens (tertiary/aromatic N) is 3. The number of carbonyl (C=O) groups excluding carboxylic acids is 1. The SMILES string of the molecule is COCC1COCCN1C(=O)c1cnn2c(OC)cccc12. The van der Waals surface area contributed by atoms with E-state index in [4.69, 9.17) is 14.2 Å². The van der Waals surface area contributed by atoms with Gasteiger partial charge in [-0.2, -0.15) is 5.10 Å². The predicted octanol–water partition coefficient (Wildman–Crippen LogP) is 0.830. The van der Waals surface area contributed by atoms with Gasteiger partial charge in [-0.3, -0.25) is 4.79 Å². The molecular weight excluding hydrogens is 286 g/mol. The number of carbonyl (C=O) groups is 1. The van der Waals surface area contributed by atoms with E-state index in [9.17, 15) is 4.79 Å². The topological polar surface area (TPSA) is 65.3 Å². The van der Waals surface area contributed by atoms with Crippen LogP contribution in [0, 0.1) is 0 Å². The van der Waals surface area contributed by atoms with E-state index < -0.39 is 0 Å². The van der Waals surface area contributed by atoms with E-state index in [1.54, 1.807) is 35.9 Å². The highest BCUT2D eigenvalue weighted by molar-refractivity contribution is 6.01. The van der Waals surface area contributed by atoms with Gasteiger partial charge in [0, 0.05) is 19.7 Å². The summed E-state index contributed by atoms with van der Waals surface area (Å²) >= 11 is 0. The first-order chi connectivity index (χ1) is 10.8. The Hall–Kier alpha value is -2.12. The van der Waals surface area contributed by atoms with E-state index in [1.165, 1.54) is 0 Å². The van der Waals surface area contributed by atoms with Crippen molar-refractivity contribution in [3.63, 3.8) is 0 Å². The standard InChI is InChI=1S/C15H19N3O4/c1-20-9-11-10-22-7-6-17(11)15(19)12-8-16-18-13(12)4-3-5-14(18)21-2/h3-5,8,11H,6-7,9-10H2,1-2H3. The second-order valence-electron chi connectivity index (χ2n) is 5.11. The number of hydrogen-bond donors (Lipinski definition) is 0. The summed E-state index contributed by atoms with van der Waals surface area (Å²) in [4.78, 5) is 14.7. The summed E-state index contributed by atoms with van der Waals surface area (Å²) in [6.07, 6.45) is 1.58. The molecule has 1 fully saturated rings. The number of ether oxygens (including phenoxy) is 3. The van der Waals surface area contributed by atoms with Crippen LogP contribution < -0.4 is 4.74 Å². The van der Waals surface area contributed by atoms with Crippen LogP contribution in [0.4, 0.5) is 0 Å². The van der Waals surface area contributed by atoms with Crippen LogP contribution in [0.1, 0.15) is 10.4 Å². The molecule has 0 aromatic carbocycles. The van der Waals surface area contributed by atoms with Crippen molar-refractivity contribution >= 4 is 11.4 Å². The molecule has 0 saturated carbocycles. The monoisotopic (exact) mass is 305 g/mol. The van der Waals surface area contributed by atoms with Gasteiger partial charge in [-0.15, -0.1) is 0 Å². The minimum absolute atomic E-state index is 0.0615. The minimum atomic E-state index is -0.0770. The van der Waals surface area contributed by atoms with E-state index in [1.807, 2.05) is 12.1 Å². The molecule has 2 aromatic heterocycles. The van der Waals surface area contributed by atoms with E-state index in [-0.39, 0.29) is 11.9 Å². The summed E-state index contributed by atoms with van der Waals surface area (Å²) in [7, 11) is 3.20. The average molecular weight is 305 g/mol. The Balaban J connectivity index is 1.94. The Morgan fingerprint density at radius 2 is 2.32 bits per heavy atom. The first kappa shape index (κ1) is 14.8. The lowest BCUT2D eigenvalue weighted by atomic mass is 10.1. The molecule has 1 aliphatic rings. The highest BCUT2D eigenvalue weighted by Crippen LogP contribution is 2.20. The summed E-state index contributed by atoms with van der Waals surface area (Å²) in [5.41, 5.74) is 1.29. The van der Waals surface area contributed by atoms with Gasteiger partial charge in [0.15, 0.2) is 0 Å². The highest BCUT2D eigenvalue weighted by Gasteiger charge is 2.29. The van der Waals surface area contributed by atoms with Gasteiger partial charge in [0.05, 0.1) is 50.2 Å². The zero-order valence-electron chi connectivity index (χ0n) is 12.7. The van der Waals surface area contributed by atoms with Crippen LogP contribution in [0.5, 0.6) is 5.88 Å². The molecule has 0 radical (unpaired) electrons. The minimum Gasteiger partial charge on any atom is -0.481 e. The van der Waals surface area contributed by atoms with E-state index >= 15 is 0 Å². The van der Waals surface area contributed by atoms with E-state index in [0.29, 0.717) is 37.8 Å². The molecule has 118 valence electrons. The molecule has 7 heteroatoms. The molecule has 1 aliphatic heterocycles. The zero-order chi connectivity index (χ0) is 15.5. The van der Waals surface area contributed by atoms with Crippen LogP contribution >= 0.6 is 0 Å². The third-order valence-corrected chi connectivity index (χ3v) is 3.80. The zero-order valence-corrected chi connectivity index (χ0v) is 12.7. The van der Waals surface area contributed by atoms with E-state index in [2.05, 4.69) is 5.10 Å². The summed E-state index contributed by atoms with van der Waals surface area (Å²) in [5, 5.41) is 4.26. The molecule has 22 heavy (non-hydrogen) atoms. The second-order valence-corrected chi connectivity index (χ2v) is 5.11. The van der Waals surface area contributed by atoms with Crippen molar-refractivity contribution in [1.82, 2.24) is 14.5 Å². The smallest absolute Gasteiger partial charge is 0.258 e. The number of methoxy groups -OCH3 is 2. The lowest BCUT2D eigenvalue weighted by Crippen LogP contribution is -2.50. The van der Waals surface area contributed by atoms with Crippen molar-refractivity contribution < 1.29 is 19.0 Å². The van der Waals surface area contributed by atoms with Crippen molar-refractivity contribution in [3.05, 3.63) is 30.0 Å². The largest absolute Gasteiger partial charge is 0.481 e. The van der Waals surface area contributed by atoms with Gasteiger partial charge in [0.1, 0.15) is 0 Å². The normalized spacial score (nSPS) is 18.6. The molecule has 1 amide bonds. The van der Waals surface area contributed by atoms with Crippen molar-refractivity contribution in [3.8, 4) is 5.88 Å². The molecular formula is C15H19N3O4. The molecule has 1 unspecified atom stereocenters. The van der Waals surface area contributed by atoms with Crippen LogP contribution in [-0.4, -0.2) is 67.0 Å². The lowest BCUT2D eigenvalue weighted by molar-refractivity contribution is -0.0251. The molecule has 1 atom stereocenters. The predicted molar refractivity (Wildman–Crippen MR) is 79.3 cm³/mol. The fraction of sp³-hybridized carbons (Fsp3) is 0.467. The van der Waals surface area contributed by atoms with Crippen LogP contribution in [0.2, 0.25) is 0 Å². The van der Waals surface area contributed by atoms with Gasteiger partial charge >= 0.3 is 0 Å². The molecule has 0 bridgehead atoms. The summed E-state index contributed by atoms with van der Waals surface area (Å²) < 4.78 is 17.5. The fourth-order valence-corrected chi connectivity index (χ4v) is 2.71. The maximum atomic E-state index is 12.9. The van der Waals surface area contributed by atoms with Gasteiger partial charge in [0.25, 0.3) is 5.91 Å². The van der Waals surface area contributed by atoms with Gasteiger partial charge in [0.2, 0.25) is 5.88 Å². The van der Waals surface area contributed by atoms with Crippen molar-refractivity contribution in [1.29, 1.82) is 0 Å². The second kappa shape index (κ2) is 6.33. The van der Waals surface area contributed by atoms with Gasteiger partial charge in [-0.25, -0.2) is 4.52 Å². The van der Waals surface area contributed by atoms with Gasteiger partial charge in [-0.1, -0.05) is 6.07 Å². The molecule has 0 aliphatic carbocycles. The lowest BCUT2D eigenvalue weighted by Gasteiger charge is -2.35. The third kappa shape index (κ3) is 2.53. The van der Waals surface area contributed by atoms with Crippen molar-refractivity contribution in [2.45, 2.75) is 6.04 Å². The number of aromatic nitrogens is 2. The average Bonchev–Trinajstić information content (AvgIpc) is 2.99. The number of hydrogen-bond acceptors (Lipinski definition) is 5. The van der Waals surface area contributed by atoms with Crippen molar-refractivity contribution in [2.75, 3.05) is 40.6 Å². The quantitative estimate of drug-likeness (QED) is 0.837. The number of amides is 1. The Morgan fingerprint density at radius 3 is 3.09 bits per heavy atom. The molecule has 0 spiro atoms. The Labute approximate surface area is 128 Å². The van der Waals surface area contributed by atoms with Gasteiger partial charge in [-0.05, 0) is 6.07 Å². The molecule has 7 nitrogen and oxygen atoms in total. The summed E-state index contributed by atoms with van der Waals surface area (Å²) in [5.74, 6) is 0.528. The Morgan fingerprint density at radius 1 is 1.45 bits per heavy atom. The van der Waals surface area contributed by atoms with Crippen molar-refractivity contribution in [2.24, 2.45) is 0 Å². The fourth-order valence-electron chi connectivity index (χ4n) is 2.71. The summed E-state index contributed by atoms with van der Waals surface area (Å²) in [6.45, 7) is 2.03. The number of rotatable bonds is 4. The maximum absolute atomic E-state index is 12.9. The van der Waals surface area contributed by atoms with Crippen LogP contribution in [-0.2, 0) is 9.47 Å². The highest BCUT2D eigenvalue weighted by atomic mass is 16.5. The molecule has 3 rings (SSSR count). The molecule has 0 N–H and O–H groups in total. The van der Waals surface area contributed by atoms with Crippen LogP contribution in [0.15, 0.2) is 24.4 Å². The maximum Gasteiger partial charge on any atom is 0.258 e. The molecule has 1 saturated heterocycles. The first-order valence-corrected chi connectivity index (χ1v) is 7.14. The molecule has 3 heterocycles.